The van der Waals surface area contributed by atoms with E-state index in [9.17, 15) is 4.79 Å². The molecule has 0 amide bonds. The number of ether oxygens (including phenoxy) is 2. The van der Waals surface area contributed by atoms with Crippen molar-refractivity contribution in [1.29, 1.82) is 0 Å². The zero-order chi connectivity index (χ0) is 13.1. The van der Waals surface area contributed by atoms with Gasteiger partial charge in [-0.05, 0) is 0 Å². The molecule has 2 N–H and O–H groups in total. The van der Waals surface area contributed by atoms with Crippen LogP contribution in [0.25, 0.3) is 0 Å². The summed E-state index contributed by atoms with van der Waals surface area (Å²) in [5, 5.41) is 0. The van der Waals surface area contributed by atoms with Crippen LogP contribution in [-0.4, -0.2) is 47.9 Å². The van der Waals surface area contributed by atoms with Crippen molar-refractivity contribution in [3.63, 3.8) is 0 Å². The van der Waals surface area contributed by atoms with E-state index >= 15 is 0 Å². The lowest BCUT2D eigenvalue weighted by Gasteiger charge is -2.35. The highest BCUT2D eigenvalue weighted by atomic mass is 35.5. The van der Waals surface area contributed by atoms with Crippen LogP contribution >= 0.6 is 11.6 Å². The first-order valence-electron chi connectivity index (χ1n) is 5.30. The van der Waals surface area contributed by atoms with Crippen molar-refractivity contribution in [3.8, 4) is 0 Å². The van der Waals surface area contributed by atoms with E-state index in [4.69, 9.17) is 22.1 Å². The Balaban J connectivity index is 2.15. The highest BCUT2D eigenvalue weighted by Gasteiger charge is 2.26. The van der Waals surface area contributed by atoms with Gasteiger partial charge in [-0.25, -0.2) is 14.8 Å². The zero-order valence-corrected chi connectivity index (χ0v) is 10.5. The van der Waals surface area contributed by atoms with E-state index in [1.165, 1.54) is 19.5 Å². The molecular weight excluding hydrogens is 260 g/mol. The second kappa shape index (κ2) is 5.47. The molecule has 18 heavy (non-hydrogen) atoms. The molecule has 2 rings (SSSR count). The van der Waals surface area contributed by atoms with E-state index in [1.807, 2.05) is 0 Å². The van der Waals surface area contributed by atoms with Gasteiger partial charge in [0.1, 0.15) is 17.5 Å². The molecule has 1 aliphatic rings. The van der Waals surface area contributed by atoms with Gasteiger partial charge in [0, 0.05) is 0 Å². The predicted molar refractivity (Wildman–Crippen MR) is 64.3 cm³/mol. The lowest BCUT2D eigenvalue weighted by atomic mass is 10.3. The zero-order valence-electron chi connectivity index (χ0n) is 9.75. The average Bonchev–Trinajstić information content (AvgIpc) is 2.41. The average molecular weight is 273 g/mol. The van der Waals surface area contributed by atoms with Crippen molar-refractivity contribution in [3.05, 3.63) is 18.1 Å². The fourth-order valence-corrected chi connectivity index (χ4v) is 1.80. The maximum atomic E-state index is 11.2. The number of carbonyl (C=O) groups is 1. The van der Waals surface area contributed by atoms with Crippen LogP contribution in [0.1, 0.15) is 10.5 Å². The number of hydrogen-bond acceptors (Lipinski definition) is 7. The van der Waals surface area contributed by atoms with Crippen LogP contribution in [0.15, 0.2) is 12.4 Å². The van der Waals surface area contributed by atoms with Crippen molar-refractivity contribution in [1.82, 2.24) is 9.97 Å². The Kier molecular flexibility index (Phi) is 3.95. The molecule has 1 saturated heterocycles. The van der Waals surface area contributed by atoms with Crippen LogP contribution in [0.3, 0.4) is 0 Å². The fraction of sp³-hybridized carbons (Fsp3) is 0.500. The van der Waals surface area contributed by atoms with E-state index in [2.05, 4.69) is 14.7 Å². The second-order valence-electron chi connectivity index (χ2n) is 3.71. The fourth-order valence-electron chi connectivity index (χ4n) is 1.58. The molecule has 1 aliphatic heterocycles. The van der Waals surface area contributed by atoms with Crippen molar-refractivity contribution >= 4 is 23.4 Å². The van der Waals surface area contributed by atoms with Crippen LogP contribution in [0, 0.1) is 0 Å². The molecule has 1 aromatic heterocycles. The monoisotopic (exact) mass is 272 g/mol. The van der Waals surface area contributed by atoms with Gasteiger partial charge in [-0.1, -0.05) is 11.6 Å². The molecule has 2 heterocycles. The predicted octanol–water partition coefficient (Wildman–Crippen LogP) is -0.0505. The van der Waals surface area contributed by atoms with Gasteiger partial charge in [-0.3, -0.25) is 0 Å². The topological polar surface area (TPSA) is 90.6 Å². The Morgan fingerprint density at radius 3 is 3.00 bits per heavy atom. The largest absolute Gasteiger partial charge is 0.464 e. The normalized spacial score (nSPS) is 23.8. The van der Waals surface area contributed by atoms with E-state index in [-0.39, 0.29) is 11.9 Å². The third-order valence-electron chi connectivity index (χ3n) is 2.52. The highest BCUT2D eigenvalue weighted by molar-refractivity contribution is 6.20. The molecule has 0 aliphatic carbocycles. The SMILES string of the molecule is COC(=O)c1cnc(N2CC(Cl)OCC2N)cn1. The van der Waals surface area contributed by atoms with Crippen molar-refractivity contribution < 1.29 is 14.3 Å². The number of nitrogens with zero attached hydrogens (tertiary/aromatic N) is 3. The van der Waals surface area contributed by atoms with Gasteiger partial charge < -0.3 is 20.1 Å². The first-order chi connectivity index (χ1) is 8.61. The molecule has 0 saturated carbocycles. The summed E-state index contributed by atoms with van der Waals surface area (Å²) in [5.41, 5.74) is 5.59. The summed E-state index contributed by atoms with van der Waals surface area (Å²) in [4.78, 5) is 21.1. The molecule has 0 radical (unpaired) electrons. The Labute approximate surface area is 109 Å². The molecule has 1 fully saturated rings. The molecule has 0 aromatic carbocycles. The van der Waals surface area contributed by atoms with E-state index in [0.29, 0.717) is 19.0 Å². The van der Waals surface area contributed by atoms with Gasteiger partial charge in [-0.2, -0.15) is 0 Å². The number of nitrogens with two attached hydrogens (primary N) is 1. The first kappa shape index (κ1) is 13.0. The number of halogens is 1. The number of methoxy groups -OCH3 is 1. The summed E-state index contributed by atoms with van der Waals surface area (Å²) in [5.74, 6) is 0.0136. The second-order valence-corrected chi connectivity index (χ2v) is 4.20. The third kappa shape index (κ3) is 2.69. The number of anilines is 1. The van der Waals surface area contributed by atoms with Crippen LogP contribution in [0.2, 0.25) is 0 Å². The van der Waals surface area contributed by atoms with Gasteiger partial charge in [0.15, 0.2) is 5.69 Å². The Morgan fingerprint density at radius 1 is 1.61 bits per heavy atom. The van der Waals surface area contributed by atoms with Crippen molar-refractivity contribution in [2.45, 2.75) is 11.7 Å². The van der Waals surface area contributed by atoms with Crippen LogP contribution in [0.4, 0.5) is 5.82 Å². The van der Waals surface area contributed by atoms with E-state index < -0.39 is 11.5 Å². The Hall–Kier alpha value is -1.44. The summed E-state index contributed by atoms with van der Waals surface area (Å²) in [6.07, 6.45) is 2.46. The van der Waals surface area contributed by atoms with Crippen molar-refractivity contribution in [2.24, 2.45) is 5.73 Å². The lowest BCUT2D eigenvalue weighted by molar-refractivity contribution is 0.0592. The number of morpholine rings is 1. The van der Waals surface area contributed by atoms with Gasteiger partial charge in [0.2, 0.25) is 0 Å². The molecule has 98 valence electrons. The maximum absolute atomic E-state index is 11.2. The maximum Gasteiger partial charge on any atom is 0.358 e. The number of esters is 1. The van der Waals surface area contributed by atoms with Gasteiger partial charge >= 0.3 is 5.97 Å². The first-order valence-corrected chi connectivity index (χ1v) is 5.73. The third-order valence-corrected chi connectivity index (χ3v) is 2.78. The van der Waals surface area contributed by atoms with Crippen LogP contribution in [-0.2, 0) is 9.47 Å². The smallest absolute Gasteiger partial charge is 0.358 e. The minimum atomic E-state index is -0.532. The molecule has 8 heteroatoms. The molecule has 1 aromatic rings. The lowest BCUT2D eigenvalue weighted by Crippen LogP contribution is -2.53. The van der Waals surface area contributed by atoms with Gasteiger partial charge in [0.25, 0.3) is 0 Å². The van der Waals surface area contributed by atoms with Crippen LogP contribution < -0.4 is 10.6 Å². The van der Waals surface area contributed by atoms with Gasteiger partial charge in [0.05, 0.1) is 32.7 Å². The molecule has 2 atom stereocenters. The minimum Gasteiger partial charge on any atom is -0.464 e. The quantitative estimate of drug-likeness (QED) is 0.596. The summed E-state index contributed by atoms with van der Waals surface area (Å²) in [6.45, 7) is 0.726. The molecule has 2 unspecified atom stereocenters. The summed E-state index contributed by atoms with van der Waals surface area (Å²) < 4.78 is 9.74. The molecule has 7 nitrogen and oxygen atoms in total. The van der Waals surface area contributed by atoms with E-state index in [0.717, 1.165) is 0 Å². The number of rotatable bonds is 2. The number of alkyl halides is 1. The summed E-state index contributed by atoms with van der Waals surface area (Å²) in [6, 6.07) is 0. The molecule has 0 spiro atoms. The minimum absolute atomic E-state index is 0.144. The van der Waals surface area contributed by atoms with Crippen LogP contribution in [0.5, 0.6) is 0 Å². The summed E-state index contributed by atoms with van der Waals surface area (Å²) >= 11 is 5.89. The van der Waals surface area contributed by atoms with Crippen molar-refractivity contribution in [2.75, 3.05) is 25.2 Å². The summed E-state index contributed by atoms with van der Waals surface area (Å²) in [7, 11) is 1.29. The molecular formula is C10H13ClN4O3. The highest BCUT2D eigenvalue weighted by Crippen LogP contribution is 2.18. The van der Waals surface area contributed by atoms with E-state index in [1.54, 1.807) is 4.90 Å². The van der Waals surface area contributed by atoms with Gasteiger partial charge in [-0.15, -0.1) is 0 Å². The number of aromatic nitrogens is 2. The number of hydrogen-bond donors (Lipinski definition) is 1. The molecule has 0 bridgehead atoms. The Morgan fingerprint density at radius 2 is 2.39 bits per heavy atom. The number of carbonyl (C=O) groups excluding carboxylic acids is 1. The standard InChI is InChI=1S/C10H13ClN4O3/c1-17-10(16)6-2-14-9(3-13-6)15-4-7(11)18-5-8(15)12/h2-3,7-8H,4-5,12H2,1H3. The Bertz CT molecular complexity index is 428.